The van der Waals surface area contributed by atoms with E-state index in [4.69, 9.17) is 9.47 Å². The Morgan fingerprint density at radius 1 is 1.24 bits per heavy atom. The second-order valence-corrected chi connectivity index (χ2v) is 7.85. The molecule has 1 heterocycles. The lowest BCUT2D eigenvalue weighted by Crippen LogP contribution is -2.46. The average Bonchev–Trinajstić information content (AvgIpc) is 2.70. The molecule has 0 bridgehead atoms. The monoisotopic (exact) mass is 355 g/mol. The molecule has 0 saturated carbocycles. The summed E-state index contributed by atoms with van der Waals surface area (Å²) in [4.78, 5) is 37.6. The quantitative estimate of drug-likeness (QED) is 0.530. The summed E-state index contributed by atoms with van der Waals surface area (Å²) in [6.45, 7) is 7.26. The van der Waals surface area contributed by atoms with Gasteiger partial charge in [-0.15, -0.1) is 0 Å². The molecule has 0 spiro atoms. The summed E-state index contributed by atoms with van der Waals surface area (Å²) in [6.07, 6.45) is 5.65. The fourth-order valence-corrected chi connectivity index (χ4v) is 3.09. The summed E-state index contributed by atoms with van der Waals surface area (Å²) in [7, 11) is 1.40. The molecule has 1 aliphatic rings. The van der Waals surface area contributed by atoms with Crippen molar-refractivity contribution in [2.24, 2.45) is 5.92 Å². The summed E-state index contributed by atoms with van der Waals surface area (Å²) >= 11 is 0. The molecular formula is C19H33NO5. The highest BCUT2D eigenvalue weighted by Gasteiger charge is 2.34. The topological polar surface area (TPSA) is 72.9 Å². The van der Waals surface area contributed by atoms with Gasteiger partial charge in [0.15, 0.2) is 0 Å². The lowest BCUT2D eigenvalue weighted by atomic mass is 9.99. The van der Waals surface area contributed by atoms with Crippen molar-refractivity contribution in [2.75, 3.05) is 7.11 Å². The highest BCUT2D eigenvalue weighted by molar-refractivity contribution is 5.92. The molecule has 0 aromatic carbocycles. The third-order valence-electron chi connectivity index (χ3n) is 4.43. The normalized spacial score (nSPS) is 20.0. The smallest absolute Gasteiger partial charge is 0.417 e. The lowest BCUT2D eigenvalue weighted by molar-refractivity contribution is -0.145. The lowest BCUT2D eigenvalue weighted by Gasteiger charge is -2.31. The Bertz CT molecular complexity index is 469. The van der Waals surface area contributed by atoms with Crippen molar-refractivity contribution in [3.8, 4) is 0 Å². The Hall–Kier alpha value is -1.59. The van der Waals surface area contributed by atoms with Crippen LogP contribution in [0, 0.1) is 5.92 Å². The zero-order chi connectivity index (χ0) is 19.0. The van der Waals surface area contributed by atoms with Crippen molar-refractivity contribution in [2.45, 2.75) is 90.7 Å². The minimum atomic E-state index is -0.621. The second kappa shape index (κ2) is 9.78. The molecule has 0 aliphatic carbocycles. The number of esters is 1. The summed E-state index contributed by atoms with van der Waals surface area (Å²) in [6, 6.07) is -0.113. The number of amides is 2. The Kier molecular flexibility index (Phi) is 8.39. The van der Waals surface area contributed by atoms with Crippen LogP contribution in [0.5, 0.6) is 0 Å². The standard InChI is InChI=1S/C19H33NO5/c1-14(17(22)24-5)10-6-7-11-15-12-8-9-13-16(21)20(15)18(23)25-19(2,3)4/h14-15H,6-13H2,1-5H3/t14-,15-/m0/s1. The van der Waals surface area contributed by atoms with Crippen molar-refractivity contribution >= 4 is 18.0 Å². The maximum absolute atomic E-state index is 12.5. The molecular weight excluding hydrogens is 322 g/mol. The predicted octanol–water partition coefficient (Wildman–Crippen LogP) is 4.06. The predicted molar refractivity (Wildman–Crippen MR) is 95.0 cm³/mol. The van der Waals surface area contributed by atoms with Crippen LogP contribution in [0.25, 0.3) is 0 Å². The van der Waals surface area contributed by atoms with Gasteiger partial charge in [0, 0.05) is 12.5 Å². The van der Waals surface area contributed by atoms with Gasteiger partial charge < -0.3 is 9.47 Å². The van der Waals surface area contributed by atoms with Gasteiger partial charge in [-0.25, -0.2) is 9.69 Å². The molecule has 1 rings (SSSR count). The number of imide groups is 1. The summed E-state index contributed by atoms with van der Waals surface area (Å²) in [5.74, 6) is -0.456. The number of hydrogen-bond acceptors (Lipinski definition) is 5. The van der Waals surface area contributed by atoms with Crippen LogP contribution in [0.4, 0.5) is 4.79 Å². The van der Waals surface area contributed by atoms with Crippen molar-refractivity contribution in [1.29, 1.82) is 0 Å². The fourth-order valence-electron chi connectivity index (χ4n) is 3.09. The van der Waals surface area contributed by atoms with Crippen LogP contribution in [0.3, 0.4) is 0 Å². The van der Waals surface area contributed by atoms with Gasteiger partial charge in [0.2, 0.25) is 5.91 Å². The van der Waals surface area contributed by atoms with E-state index in [1.807, 2.05) is 6.92 Å². The van der Waals surface area contributed by atoms with E-state index >= 15 is 0 Å². The molecule has 1 saturated heterocycles. The van der Waals surface area contributed by atoms with Crippen LogP contribution in [0.15, 0.2) is 0 Å². The largest absolute Gasteiger partial charge is 0.469 e. The first kappa shape index (κ1) is 21.5. The number of carbonyl (C=O) groups is 3. The minimum absolute atomic E-state index is 0.113. The Labute approximate surface area is 151 Å². The van der Waals surface area contributed by atoms with Gasteiger partial charge in [-0.1, -0.05) is 26.2 Å². The molecule has 0 unspecified atom stereocenters. The fraction of sp³-hybridized carbons (Fsp3) is 0.842. The number of carbonyl (C=O) groups excluding carboxylic acids is 3. The van der Waals surface area contributed by atoms with Gasteiger partial charge in [-0.2, -0.15) is 0 Å². The third kappa shape index (κ3) is 7.45. The number of hydrogen-bond donors (Lipinski definition) is 0. The number of ether oxygens (including phenoxy) is 2. The Balaban J connectivity index is 2.61. The van der Waals surface area contributed by atoms with Gasteiger partial charge in [-0.05, 0) is 46.5 Å². The van der Waals surface area contributed by atoms with E-state index in [9.17, 15) is 14.4 Å². The molecule has 0 aromatic rings. The zero-order valence-corrected chi connectivity index (χ0v) is 16.3. The number of methoxy groups -OCH3 is 1. The molecule has 0 N–H and O–H groups in total. The molecule has 2 atom stereocenters. The Morgan fingerprint density at radius 2 is 1.92 bits per heavy atom. The maximum Gasteiger partial charge on any atom is 0.417 e. The Morgan fingerprint density at radius 3 is 2.52 bits per heavy atom. The second-order valence-electron chi connectivity index (χ2n) is 7.85. The van der Waals surface area contributed by atoms with E-state index in [0.29, 0.717) is 6.42 Å². The van der Waals surface area contributed by atoms with Gasteiger partial charge >= 0.3 is 12.1 Å². The first-order chi connectivity index (χ1) is 11.7. The van der Waals surface area contributed by atoms with Crippen LogP contribution in [0.1, 0.15) is 79.1 Å². The van der Waals surface area contributed by atoms with Gasteiger partial charge in [-0.3, -0.25) is 9.59 Å². The average molecular weight is 355 g/mol. The van der Waals surface area contributed by atoms with E-state index in [0.717, 1.165) is 44.9 Å². The SMILES string of the molecule is COC(=O)[C@@H](C)CCCC[C@H]1CCCCC(=O)N1C(=O)OC(C)(C)C. The van der Waals surface area contributed by atoms with Gasteiger partial charge in [0.05, 0.1) is 13.0 Å². The summed E-state index contributed by atoms with van der Waals surface area (Å²) in [5.41, 5.74) is -0.621. The minimum Gasteiger partial charge on any atom is -0.469 e. The highest BCUT2D eigenvalue weighted by Crippen LogP contribution is 2.25. The number of likely N-dealkylation sites (tertiary alicyclic amines) is 1. The van der Waals surface area contributed by atoms with E-state index in [-0.39, 0.29) is 23.8 Å². The highest BCUT2D eigenvalue weighted by atomic mass is 16.6. The van der Waals surface area contributed by atoms with Crippen molar-refractivity contribution in [1.82, 2.24) is 4.90 Å². The van der Waals surface area contributed by atoms with Crippen LogP contribution < -0.4 is 0 Å². The number of rotatable bonds is 6. The van der Waals surface area contributed by atoms with Crippen LogP contribution in [-0.2, 0) is 19.1 Å². The van der Waals surface area contributed by atoms with E-state index < -0.39 is 11.7 Å². The summed E-state index contributed by atoms with van der Waals surface area (Å²) in [5, 5.41) is 0. The first-order valence-electron chi connectivity index (χ1n) is 9.28. The maximum atomic E-state index is 12.5. The first-order valence-corrected chi connectivity index (χ1v) is 9.28. The number of nitrogens with zero attached hydrogens (tertiary/aromatic N) is 1. The molecule has 6 nitrogen and oxygen atoms in total. The molecule has 1 fully saturated rings. The molecule has 144 valence electrons. The number of unbranched alkanes of at least 4 members (excludes halogenated alkanes) is 1. The van der Waals surface area contributed by atoms with Crippen LogP contribution >= 0.6 is 0 Å². The molecule has 0 aromatic heterocycles. The van der Waals surface area contributed by atoms with Crippen molar-refractivity contribution < 1.29 is 23.9 Å². The molecule has 2 amide bonds. The van der Waals surface area contributed by atoms with Crippen LogP contribution in [-0.4, -0.2) is 41.6 Å². The van der Waals surface area contributed by atoms with E-state index in [1.165, 1.54) is 12.0 Å². The van der Waals surface area contributed by atoms with Crippen LogP contribution in [0.2, 0.25) is 0 Å². The zero-order valence-electron chi connectivity index (χ0n) is 16.3. The molecule has 0 radical (unpaired) electrons. The molecule has 25 heavy (non-hydrogen) atoms. The van der Waals surface area contributed by atoms with Crippen molar-refractivity contribution in [3.05, 3.63) is 0 Å². The molecule has 6 heteroatoms. The van der Waals surface area contributed by atoms with Gasteiger partial charge in [0.25, 0.3) is 0 Å². The van der Waals surface area contributed by atoms with E-state index in [2.05, 4.69) is 0 Å². The van der Waals surface area contributed by atoms with Crippen molar-refractivity contribution in [3.63, 3.8) is 0 Å². The van der Waals surface area contributed by atoms with Gasteiger partial charge in [0.1, 0.15) is 5.60 Å². The summed E-state index contributed by atoms with van der Waals surface area (Å²) < 4.78 is 10.2. The van der Waals surface area contributed by atoms with E-state index in [1.54, 1.807) is 20.8 Å². The third-order valence-corrected chi connectivity index (χ3v) is 4.43. The molecule has 1 aliphatic heterocycles.